The fourth-order valence-corrected chi connectivity index (χ4v) is 5.37. The zero-order valence-corrected chi connectivity index (χ0v) is 17.3. The molecule has 0 radical (unpaired) electrons. The van der Waals surface area contributed by atoms with Gasteiger partial charge in [-0.15, -0.1) is 0 Å². The Labute approximate surface area is 168 Å². The number of hydrogen-bond acceptors (Lipinski definition) is 4. The summed E-state index contributed by atoms with van der Waals surface area (Å²) >= 11 is 0. The van der Waals surface area contributed by atoms with Crippen LogP contribution in [0.1, 0.15) is 52.5 Å². The molecule has 0 unspecified atom stereocenters. The van der Waals surface area contributed by atoms with Crippen molar-refractivity contribution in [3.05, 3.63) is 42.0 Å². The van der Waals surface area contributed by atoms with E-state index in [-0.39, 0.29) is 41.0 Å². The highest BCUT2D eigenvalue weighted by molar-refractivity contribution is 5.87. The Morgan fingerprint density at radius 1 is 1.29 bits per heavy atom. The van der Waals surface area contributed by atoms with E-state index in [0.29, 0.717) is 12.3 Å². The molecule has 4 nitrogen and oxygen atoms in total. The maximum atomic E-state index is 12.4. The smallest absolute Gasteiger partial charge is 0.331 e. The number of esters is 1. The van der Waals surface area contributed by atoms with Gasteiger partial charge in [-0.2, -0.15) is 0 Å². The van der Waals surface area contributed by atoms with E-state index in [4.69, 9.17) is 4.74 Å². The molecule has 2 aliphatic carbocycles. The summed E-state index contributed by atoms with van der Waals surface area (Å²) in [6.45, 7) is 7.93. The van der Waals surface area contributed by atoms with Gasteiger partial charge < -0.3 is 14.6 Å². The van der Waals surface area contributed by atoms with Crippen molar-refractivity contribution in [2.45, 2.75) is 59.2 Å². The van der Waals surface area contributed by atoms with Gasteiger partial charge in [0, 0.05) is 18.4 Å². The molecule has 0 aromatic heterocycles. The highest BCUT2D eigenvalue weighted by atomic mass is 16.5. The first-order valence-corrected chi connectivity index (χ1v) is 10.3. The van der Waals surface area contributed by atoms with Crippen LogP contribution >= 0.6 is 0 Å². The molecule has 28 heavy (non-hydrogen) atoms. The van der Waals surface area contributed by atoms with E-state index in [1.807, 2.05) is 30.3 Å². The summed E-state index contributed by atoms with van der Waals surface area (Å²) in [4.78, 5) is 23.8. The van der Waals surface area contributed by atoms with Crippen molar-refractivity contribution >= 4 is 17.8 Å². The van der Waals surface area contributed by atoms with Gasteiger partial charge >= 0.3 is 5.97 Å². The Bertz CT molecular complexity index is 738. The second-order valence-corrected chi connectivity index (χ2v) is 9.11. The second kappa shape index (κ2) is 8.20. The molecule has 0 heterocycles. The lowest BCUT2D eigenvalue weighted by Crippen LogP contribution is -2.45. The zero-order valence-electron chi connectivity index (χ0n) is 17.3. The monoisotopic (exact) mass is 384 g/mol. The molecule has 6 atom stereocenters. The molecule has 0 bridgehead atoms. The van der Waals surface area contributed by atoms with Crippen LogP contribution in [0.15, 0.2) is 36.4 Å². The molecule has 0 amide bonds. The Kier molecular flexibility index (Phi) is 6.09. The standard InChI is InChI=1S/C24H32O4/c1-15(2)21-19(28-20(26)13-11-17-8-6-5-7-9-17)14-24(4)18(12-10-16(3)25)22(24)23(21)27/h5-9,11,13,15,18-19,21-23,27H,10,12,14H2,1-4H3/b13-11+/t18-,19-,21-,22+,23+,24+/m1/s1. The van der Waals surface area contributed by atoms with E-state index in [1.165, 1.54) is 6.08 Å². The van der Waals surface area contributed by atoms with Crippen molar-refractivity contribution in [1.29, 1.82) is 0 Å². The van der Waals surface area contributed by atoms with E-state index in [9.17, 15) is 14.7 Å². The van der Waals surface area contributed by atoms with Crippen LogP contribution in [0.2, 0.25) is 0 Å². The second-order valence-electron chi connectivity index (χ2n) is 9.11. The molecule has 1 aromatic carbocycles. The molecule has 2 saturated carbocycles. The summed E-state index contributed by atoms with van der Waals surface area (Å²) in [5, 5.41) is 11.0. The number of aliphatic hydroxyl groups excluding tert-OH is 1. The molecule has 2 aliphatic rings. The van der Waals surface area contributed by atoms with Crippen LogP contribution in [-0.2, 0) is 14.3 Å². The number of hydrogen-bond donors (Lipinski definition) is 1. The third-order valence-corrected chi connectivity index (χ3v) is 6.82. The SMILES string of the molecule is CC(=O)CC[C@@H]1[C@H]2[C@@H](O)[C@H](C(C)C)[C@H](OC(=O)/C=C/c3ccccc3)C[C@]21C. The van der Waals surface area contributed by atoms with Crippen LogP contribution in [0, 0.1) is 29.1 Å². The summed E-state index contributed by atoms with van der Waals surface area (Å²) < 4.78 is 5.84. The van der Waals surface area contributed by atoms with Crippen LogP contribution in [0.5, 0.6) is 0 Å². The van der Waals surface area contributed by atoms with Crippen LogP contribution in [0.3, 0.4) is 0 Å². The van der Waals surface area contributed by atoms with E-state index in [0.717, 1.165) is 18.4 Å². The van der Waals surface area contributed by atoms with Gasteiger partial charge in [0.05, 0.1) is 6.10 Å². The number of fused-ring (bicyclic) bond motifs is 1. The summed E-state index contributed by atoms with van der Waals surface area (Å²) in [5.74, 6) is 0.495. The molecule has 2 fully saturated rings. The van der Waals surface area contributed by atoms with Gasteiger partial charge in [-0.3, -0.25) is 0 Å². The third kappa shape index (κ3) is 4.22. The Morgan fingerprint density at radius 3 is 2.57 bits per heavy atom. The van der Waals surface area contributed by atoms with Crippen LogP contribution in [0.25, 0.3) is 6.08 Å². The Morgan fingerprint density at radius 2 is 1.96 bits per heavy atom. The van der Waals surface area contributed by atoms with E-state index in [2.05, 4.69) is 20.8 Å². The molecule has 0 aliphatic heterocycles. The number of rotatable bonds is 7. The highest BCUT2D eigenvalue weighted by Gasteiger charge is 2.69. The van der Waals surface area contributed by atoms with E-state index >= 15 is 0 Å². The van der Waals surface area contributed by atoms with Crippen molar-refractivity contribution in [2.24, 2.45) is 29.1 Å². The molecular weight excluding hydrogens is 352 g/mol. The first-order chi connectivity index (χ1) is 13.2. The van der Waals surface area contributed by atoms with Crippen molar-refractivity contribution in [3.63, 3.8) is 0 Å². The predicted molar refractivity (Wildman–Crippen MR) is 109 cm³/mol. The molecule has 152 valence electrons. The first kappa shape index (κ1) is 20.8. The minimum absolute atomic E-state index is 0.0473. The molecule has 3 rings (SSSR count). The van der Waals surface area contributed by atoms with Gasteiger partial charge in [0.2, 0.25) is 0 Å². The minimum atomic E-state index is -0.494. The van der Waals surface area contributed by atoms with Crippen molar-refractivity contribution in [1.82, 2.24) is 0 Å². The number of carbonyl (C=O) groups is 2. The number of benzene rings is 1. The fourth-order valence-electron chi connectivity index (χ4n) is 5.37. The van der Waals surface area contributed by atoms with E-state index in [1.54, 1.807) is 13.0 Å². The van der Waals surface area contributed by atoms with Gasteiger partial charge in [-0.1, -0.05) is 51.1 Å². The number of ketones is 1. The molecular formula is C24H32O4. The summed E-state index contributed by atoms with van der Waals surface area (Å²) in [6.07, 6.45) is 4.55. The largest absolute Gasteiger partial charge is 0.459 e. The lowest BCUT2D eigenvalue weighted by molar-refractivity contribution is -0.156. The van der Waals surface area contributed by atoms with E-state index < -0.39 is 6.10 Å². The number of carbonyl (C=O) groups excluding carboxylic acids is 2. The summed E-state index contributed by atoms with van der Waals surface area (Å²) in [5.41, 5.74) is 0.899. The zero-order chi connectivity index (χ0) is 20.5. The molecule has 0 saturated heterocycles. The molecule has 0 spiro atoms. The van der Waals surface area contributed by atoms with Gasteiger partial charge in [-0.05, 0) is 54.6 Å². The Balaban J connectivity index is 1.70. The number of Topliss-reactive ketones (excluding diaryl/α,β-unsaturated/α-hetero) is 1. The summed E-state index contributed by atoms with van der Waals surface area (Å²) in [7, 11) is 0. The topological polar surface area (TPSA) is 63.6 Å². The first-order valence-electron chi connectivity index (χ1n) is 10.3. The van der Waals surface area contributed by atoms with Crippen LogP contribution < -0.4 is 0 Å². The minimum Gasteiger partial charge on any atom is -0.459 e. The lowest BCUT2D eigenvalue weighted by Gasteiger charge is -2.39. The van der Waals surface area contributed by atoms with Crippen molar-refractivity contribution in [3.8, 4) is 0 Å². The molecule has 4 heteroatoms. The van der Waals surface area contributed by atoms with Crippen LogP contribution in [-0.4, -0.2) is 29.1 Å². The molecule has 1 aromatic rings. The molecule has 1 N–H and O–H groups in total. The average molecular weight is 385 g/mol. The van der Waals surface area contributed by atoms with Gasteiger partial charge in [-0.25, -0.2) is 4.79 Å². The van der Waals surface area contributed by atoms with Gasteiger partial charge in [0.25, 0.3) is 0 Å². The van der Waals surface area contributed by atoms with Crippen LogP contribution in [0.4, 0.5) is 0 Å². The quantitative estimate of drug-likeness (QED) is 0.563. The third-order valence-electron chi connectivity index (χ3n) is 6.82. The van der Waals surface area contributed by atoms with Crippen molar-refractivity contribution in [2.75, 3.05) is 0 Å². The number of ether oxygens (including phenoxy) is 1. The fraction of sp³-hybridized carbons (Fsp3) is 0.583. The Hall–Kier alpha value is -1.94. The van der Waals surface area contributed by atoms with Gasteiger partial charge in [0.15, 0.2) is 0 Å². The number of aliphatic hydroxyl groups is 1. The van der Waals surface area contributed by atoms with Crippen molar-refractivity contribution < 1.29 is 19.4 Å². The normalized spacial score (nSPS) is 34.3. The average Bonchev–Trinajstić information content (AvgIpc) is 3.23. The lowest BCUT2D eigenvalue weighted by atomic mass is 9.73. The summed E-state index contributed by atoms with van der Waals surface area (Å²) in [6, 6.07) is 9.64. The van der Waals surface area contributed by atoms with Gasteiger partial charge in [0.1, 0.15) is 11.9 Å². The maximum absolute atomic E-state index is 12.4. The predicted octanol–water partition coefficient (Wildman–Crippen LogP) is 4.27. The maximum Gasteiger partial charge on any atom is 0.331 e. The highest BCUT2D eigenvalue weighted by Crippen LogP contribution is 2.69.